The van der Waals surface area contributed by atoms with Crippen LogP contribution in [0.15, 0.2) is 75.6 Å². The molecule has 9 rings (SSSR count). The van der Waals surface area contributed by atoms with Gasteiger partial charge in [0.25, 0.3) is 17.7 Å². The number of aromatic nitrogens is 8. The number of nitrogen functional groups attached to an aromatic ring is 2. The second-order valence-electron chi connectivity index (χ2n) is 32.9. The number of unbranched alkanes of at least 4 members (excludes halogenated alkanes) is 1. The third kappa shape index (κ3) is 29.1. The van der Waals surface area contributed by atoms with Gasteiger partial charge in [-0.2, -0.15) is 20.6 Å². The lowest BCUT2D eigenvalue weighted by Crippen LogP contribution is -2.61. The SMILES string of the molecule is COC1C[C@@H]2CC[C@@H](C)[C@@](O)(O2)C(=O)C(=O)N2CCCCC2C(=O)OC([C@H](C)CC2CCC(O)[C@H](OC)C2)C[C@@H](OC)C(C)/C=C(\C)C(O)[C@@H](OC)/C(C(C)CC(C)C)=N/CC\S(COCc2cn(CCOCCOCCOCCOCCOCCC(=O)NCCCCn3nc(-c4ccc5oc(N)nc5c4)c4c(N)ncnc43)nn2)=C/C=C/C=C/1C. The predicted molar refractivity (Wildman–Crippen MR) is 461 cm³/mol. The highest BCUT2D eigenvalue weighted by atomic mass is 32.2. The number of ether oxygens (including phenoxy) is 12. The number of anilines is 2. The van der Waals surface area contributed by atoms with Crippen molar-refractivity contribution in [3.8, 4) is 11.3 Å². The predicted octanol–water partition coefficient (Wildman–Crippen LogP) is 8.98. The number of piperidine rings is 1. The van der Waals surface area contributed by atoms with Crippen LogP contribution in [0.3, 0.4) is 0 Å². The molecule has 2 amide bonds. The zero-order chi connectivity index (χ0) is 87.0. The van der Waals surface area contributed by atoms with Crippen molar-refractivity contribution in [3.05, 3.63) is 71.9 Å². The van der Waals surface area contributed by atoms with E-state index in [1.165, 1.54) is 11.2 Å². The molecule has 674 valence electrons. The number of oxazole rings is 1. The van der Waals surface area contributed by atoms with Gasteiger partial charge in [-0.05, 0) is 149 Å². The third-order valence-electron chi connectivity index (χ3n) is 23.3. The van der Waals surface area contributed by atoms with Crippen molar-refractivity contribution in [2.75, 3.05) is 137 Å². The van der Waals surface area contributed by atoms with Crippen LogP contribution in [-0.4, -0.2) is 281 Å². The minimum absolute atomic E-state index is 0.0502. The molecule has 0 radical (unpaired) electrons. The van der Waals surface area contributed by atoms with Gasteiger partial charge >= 0.3 is 5.97 Å². The molecule has 7 heterocycles. The normalized spacial score (nSPS) is 27.9. The number of nitrogens with two attached hydrogens (primary N) is 2. The Kier molecular flexibility index (Phi) is 40.2. The third-order valence-corrected chi connectivity index (χ3v) is 25.0. The lowest BCUT2D eigenvalue weighted by Gasteiger charge is -2.43. The molecule has 2 bridgehead atoms. The maximum atomic E-state index is 14.9. The molecule has 121 heavy (non-hydrogen) atoms. The van der Waals surface area contributed by atoms with E-state index in [0.29, 0.717) is 193 Å². The largest absolute Gasteiger partial charge is 0.460 e. The molecule has 0 spiro atoms. The number of aryl methyl sites for hydroxylation is 1. The first-order chi connectivity index (χ1) is 58.3. The average molecular weight is 1720 g/mol. The number of amides is 2. The monoisotopic (exact) mass is 1710 g/mol. The molecule has 4 aromatic heterocycles. The number of hydrogen-bond acceptors (Lipinski definition) is 29. The molecule has 1 aromatic carbocycles. The van der Waals surface area contributed by atoms with Crippen LogP contribution in [0.25, 0.3) is 33.4 Å². The van der Waals surface area contributed by atoms with Crippen molar-refractivity contribution in [3.63, 3.8) is 0 Å². The molecule has 4 aliphatic rings. The molecular formula is C87H135N13O20S. The van der Waals surface area contributed by atoms with Gasteiger partial charge in [0.15, 0.2) is 11.2 Å². The quantitative estimate of drug-likeness (QED) is 0.00705. The number of aliphatic hydroxyl groups excluding tert-OH is 2. The number of Topliss-reactive ketones (excluding diaryl/α,β-unsaturated/α-hetero) is 1. The number of nitrogens with one attached hydrogen (secondary N) is 1. The highest BCUT2D eigenvalue weighted by molar-refractivity contribution is 8.15. The number of carbonyl (C=O) groups is 4. The molecule has 33 nitrogen and oxygen atoms in total. The van der Waals surface area contributed by atoms with Crippen LogP contribution in [-0.2, 0) is 95.7 Å². The van der Waals surface area contributed by atoms with Gasteiger partial charge in [0.2, 0.25) is 11.7 Å². The van der Waals surface area contributed by atoms with Gasteiger partial charge in [-0.15, -0.1) is 5.10 Å². The summed E-state index contributed by atoms with van der Waals surface area (Å²) >= 11 is 0. The fourth-order valence-corrected chi connectivity index (χ4v) is 17.7. The van der Waals surface area contributed by atoms with Gasteiger partial charge in [0.05, 0.1) is 127 Å². The van der Waals surface area contributed by atoms with Crippen LogP contribution in [0.4, 0.5) is 11.8 Å². The van der Waals surface area contributed by atoms with E-state index in [1.54, 1.807) is 50.8 Å². The Balaban J connectivity index is 0.727. The van der Waals surface area contributed by atoms with Crippen molar-refractivity contribution < 1.29 is 95.8 Å². The number of carbonyl (C=O) groups excluding carboxylic acids is 4. The number of esters is 1. The van der Waals surface area contributed by atoms with Crippen LogP contribution in [0, 0.1) is 35.5 Å². The van der Waals surface area contributed by atoms with Crippen LogP contribution in [0.2, 0.25) is 0 Å². The Labute approximate surface area is 714 Å². The topological polar surface area (TPSA) is 420 Å². The number of rotatable bonds is 38. The lowest BCUT2D eigenvalue weighted by atomic mass is 9.78. The van der Waals surface area contributed by atoms with Gasteiger partial charge in [-0.1, -0.05) is 71.1 Å². The number of nitrogens with zero attached hydrogens (tertiary/aromatic N) is 10. The fourth-order valence-electron chi connectivity index (χ4n) is 16.4. The maximum absolute atomic E-state index is 14.9. The number of allylic oxidation sites excluding steroid dienone is 3. The Morgan fingerprint density at radius 3 is 2.23 bits per heavy atom. The highest BCUT2D eigenvalue weighted by Crippen LogP contribution is 2.40. The summed E-state index contributed by atoms with van der Waals surface area (Å²) in [6.45, 7) is 22.0. The van der Waals surface area contributed by atoms with Crippen LogP contribution in [0.1, 0.15) is 157 Å². The summed E-state index contributed by atoms with van der Waals surface area (Å²) in [6.07, 6.45) is 14.0. The number of fused-ring (bicyclic) bond motifs is 5. The van der Waals surface area contributed by atoms with Gasteiger partial charge in [-0.25, -0.2) is 24.1 Å². The van der Waals surface area contributed by atoms with E-state index in [4.69, 9.17) is 82.8 Å². The molecule has 2 saturated heterocycles. The van der Waals surface area contributed by atoms with Crippen molar-refractivity contribution in [1.82, 2.24) is 49.9 Å². The van der Waals surface area contributed by atoms with Gasteiger partial charge < -0.3 is 98.3 Å². The minimum atomic E-state index is -2.46. The molecule has 34 heteroatoms. The summed E-state index contributed by atoms with van der Waals surface area (Å²) in [7, 11) is 5.94. The summed E-state index contributed by atoms with van der Waals surface area (Å²) in [4.78, 5) is 76.1. The molecule has 8 N–H and O–H groups in total. The highest BCUT2D eigenvalue weighted by Gasteiger charge is 2.53. The first-order valence-corrected chi connectivity index (χ1v) is 44.7. The van der Waals surface area contributed by atoms with Gasteiger partial charge in [0.1, 0.15) is 53.4 Å². The first-order valence-electron chi connectivity index (χ1n) is 43.1. The Bertz CT molecular complexity index is 4210. The average Bonchev–Trinajstić information content (AvgIpc) is 0.944. The molecule has 3 aliphatic heterocycles. The number of aliphatic imine (C=N–C) groups is 1. The van der Waals surface area contributed by atoms with E-state index in [2.05, 4.69) is 56.7 Å². The molecular weight excluding hydrogens is 1580 g/mol. The second-order valence-corrected chi connectivity index (χ2v) is 34.9. The van der Waals surface area contributed by atoms with Gasteiger partial charge in [0, 0.05) is 103 Å². The first kappa shape index (κ1) is 97.4. The smallest absolute Gasteiger partial charge is 0.329 e. The molecule has 16 atom stereocenters. The lowest BCUT2D eigenvalue weighted by molar-refractivity contribution is -0.265. The summed E-state index contributed by atoms with van der Waals surface area (Å²) in [5, 5.41) is 54.7. The molecule has 3 fully saturated rings. The van der Waals surface area contributed by atoms with Crippen molar-refractivity contribution in [2.45, 2.75) is 232 Å². The van der Waals surface area contributed by atoms with Crippen molar-refractivity contribution >= 4 is 79.1 Å². The summed E-state index contributed by atoms with van der Waals surface area (Å²) in [6, 6.07) is 4.48. The van der Waals surface area contributed by atoms with E-state index < -0.39 is 88.6 Å². The Morgan fingerprint density at radius 2 is 1.52 bits per heavy atom. The van der Waals surface area contributed by atoms with E-state index in [0.717, 1.165) is 42.5 Å². The van der Waals surface area contributed by atoms with E-state index in [1.807, 2.05) is 70.3 Å². The minimum Gasteiger partial charge on any atom is -0.460 e. The summed E-state index contributed by atoms with van der Waals surface area (Å²) in [5.41, 5.74) is 18.2. The van der Waals surface area contributed by atoms with Crippen molar-refractivity contribution in [1.29, 1.82) is 0 Å². The summed E-state index contributed by atoms with van der Waals surface area (Å²) in [5.74, 6) is -4.86. The number of aliphatic hydroxyl groups is 3. The molecule has 1 aliphatic carbocycles. The van der Waals surface area contributed by atoms with Crippen LogP contribution >= 0.6 is 10.5 Å². The number of cyclic esters (lactones) is 1. The van der Waals surface area contributed by atoms with Crippen molar-refractivity contribution in [2.24, 2.45) is 40.5 Å². The second kappa shape index (κ2) is 49.9. The number of methoxy groups -OCH3 is 4. The van der Waals surface area contributed by atoms with E-state index in [9.17, 15) is 34.5 Å². The van der Waals surface area contributed by atoms with E-state index in [-0.39, 0.29) is 87.1 Å². The van der Waals surface area contributed by atoms with E-state index >= 15 is 0 Å². The zero-order valence-electron chi connectivity index (χ0n) is 73.1. The standard InChI is InChI=1S/C87H135N13O20S/c1-56(2)45-60(6)77-80(111-12)79(103)61(7)46-58(4)72(109-10)51-73(59(5)47-63-22-25-69(101)74(48-63)110-11)118-85(106)68-20-13-16-30-99(68)84(105)81(104)87(107)62(8)21-24-66(120-87)50-71(108-9)57(3)19-14-18-43-121(44-29-91-77)55-117-53-65-52-98(97-95-65)32-34-113-36-38-115-40-42-116-41-39-114-37-35-112-33-27-75(102)90-28-15-17-31-100-83-76(82(88)92-54-93-83)78(96-100)64-23-26-70-67(49-64)94-86(89)119-70/h14,18-19,23,26,43,46,49,52,54,56,58-60,62-63,66,68-69,71-74,79-80,101,103,107H,13,15-17,20-22,24-25,27-42,44-45,47-48,50-51,53,55H2,1-12H3,(H2,89,94)(H,90,102)(H2,88,92,93)/b18-14+,57-19+,61-46+,91-77+/t58?,59-,60?,62-,63?,66+,68?,69?,71?,72-,73?,74-,79?,80+,87-,121?/m1/s1. The van der Waals surface area contributed by atoms with Crippen LogP contribution in [0.5, 0.6) is 0 Å². The molecule has 1 saturated carbocycles. The molecule has 5 aromatic rings. The summed E-state index contributed by atoms with van der Waals surface area (Å²) < 4.78 is 81.0. The Hall–Kier alpha value is -7.39. The van der Waals surface area contributed by atoms with Gasteiger partial charge in [-0.3, -0.25) is 19.4 Å². The molecule has 9 unspecified atom stereocenters. The zero-order valence-corrected chi connectivity index (χ0v) is 73.9. The Morgan fingerprint density at radius 1 is 0.793 bits per heavy atom. The van der Waals surface area contributed by atoms with Crippen LogP contribution < -0.4 is 16.8 Å². The number of hydrogen-bond donors (Lipinski definition) is 6. The number of ketones is 1. The fraction of sp³-hybridized carbons (Fsp3) is 0.701. The maximum Gasteiger partial charge on any atom is 0.329 e. The number of benzene rings is 1.